The van der Waals surface area contributed by atoms with Crippen molar-refractivity contribution in [2.24, 2.45) is 35.5 Å². The monoisotopic (exact) mass is 313 g/mol. The number of carbonyl (C=O) groups is 1. The Morgan fingerprint density at radius 1 is 1.14 bits per heavy atom. The van der Waals surface area contributed by atoms with E-state index in [9.17, 15) is 13.2 Å². The molecule has 0 aromatic rings. The van der Waals surface area contributed by atoms with Gasteiger partial charge in [0.1, 0.15) is 0 Å². The first-order valence-electron chi connectivity index (χ1n) is 8.17. The van der Waals surface area contributed by atoms with E-state index in [-0.39, 0.29) is 23.5 Å². The van der Waals surface area contributed by atoms with E-state index < -0.39 is 10.0 Å². The number of rotatable bonds is 4. The molecule has 0 spiro atoms. The van der Waals surface area contributed by atoms with Crippen molar-refractivity contribution in [3.63, 3.8) is 0 Å². The molecule has 3 aliphatic carbocycles. The smallest absolute Gasteiger partial charge is 0.237 e. The Hall–Kier alpha value is -0.620. The molecule has 3 saturated carbocycles. The van der Waals surface area contributed by atoms with Crippen LogP contribution in [-0.2, 0) is 19.6 Å². The van der Waals surface area contributed by atoms with Gasteiger partial charge >= 0.3 is 0 Å². The van der Waals surface area contributed by atoms with Gasteiger partial charge in [-0.3, -0.25) is 9.52 Å². The molecule has 0 radical (unpaired) electrons. The number of fused-ring (bicyclic) bond motifs is 5. The van der Waals surface area contributed by atoms with Crippen molar-refractivity contribution in [3.05, 3.63) is 0 Å². The lowest BCUT2D eigenvalue weighted by molar-refractivity contribution is -0.121. The second kappa shape index (κ2) is 4.95. The standard InChI is InChI=1S/C15H23NO4S/c17-15(14-12-10-3-4-11(6-10)13(12)14)16-21(18,19)8-9-2-1-5-20-7-9/h9-14H,1-8H2,(H,16,17)/t9?,10-,11+,12+,13-,14?. The first-order valence-corrected chi connectivity index (χ1v) is 9.82. The number of carbonyl (C=O) groups excluding carboxylic acids is 1. The summed E-state index contributed by atoms with van der Waals surface area (Å²) in [6, 6.07) is 0. The summed E-state index contributed by atoms with van der Waals surface area (Å²) in [4.78, 5) is 12.3. The third kappa shape index (κ3) is 2.50. The fourth-order valence-corrected chi connectivity index (χ4v) is 6.60. The maximum atomic E-state index is 12.3. The molecule has 4 aliphatic rings. The number of nitrogens with one attached hydrogen (secondary N) is 1. The third-order valence-corrected chi connectivity index (χ3v) is 7.43. The van der Waals surface area contributed by atoms with Crippen LogP contribution in [0.1, 0.15) is 32.1 Å². The molecular weight excluding hydrogens is 290 g/mol. The highest BCUT2D eigenvalue weighted by atomic mass is 32.2. The minimum Gasteiger partial charge on any atom is -0.381 e. The van der Waals surface area contributed by atoms with E-state index in [1.54, 1.807) is 0 Å². The molecule has 1 saturated heterocycles. The molecule has 6 heteroatoms. The van der Waals surface area contributed by atoms with Gasteiger partial charge in [-0.15, -0.1) is 0 Å². The number of amides is 1. The van der Waals surface area contributed by atoms with Gasteiger partial charge in [-0.05, 0) is 61.7 Å². The van der Waals surface area contributed by atoms with Crippen LogP contribution in [0.3, 0.4) is 0 Å². The molecule has 5 nitrogen and oxygen atoms in total. The molecule has 2 bridgehead atoms. The van der Waals surface area contributed by atoms with Crippen LogP contribution in [0.25, 0.3) is 0 Å². The topological polar surface area (TPSA) is 72.5 Å². The predicted octanol–water partition coefficient (Wildman–Crippen LogP) is 1.15. The van der Waals surface area contributed by atoms with Gasteiger partial charge in [0, 0.05) is 12.5 Å². The van der Waals surface area contributed by atoms with E-state index in [2.05, 4.69) is 4.72 Å². The van der Waals surface area contributed by atoms with Crippen LogP contribution < -0.4 is 4.72 Å². The van der Waals surface area contributed by atoms with Crippen molar-refractivity contribution >= 4 is 15.9 Å². The Balaban J connectivity index is 1.34. The van der Waals surface area contributed by atoms with Gasteiger partial charge in [0.25, 0.3) is 0 Å². The molecule has 4 rings (SSSR count). The molecule has 4 fully saturated rings. The summed E-state index contributed by atoms with van der Waals surface area (Å²) in [7, 11) is -3.51. The molecule has 21 heavy (non-hydrogen) atoms. The molecule has 1 aliphatic heterocycles. The van der Waals surface area contributed by atoms with Crippen molar-refractivity contribution in [1.82, 2.24) is 4.72 Å². The van der Waals surface area contributed by atoms with Crippen LogP contribution in [0, 0.1) is 35.5 Å². The molecule has 0 aromatic carbocycles. The highest BCUT2D eigenvalue weighted by molar-refractivity contribution is 7.90. The van der Waals surface area contributed by atoms with Crippen molar-refractivity contribution in [2.45, 2.75) is 32.1 Å². The zero-order valence-corrected chi connectivity index (χ0v) is 13.0. The Bertz CT molecular complexity index is 524. The average molecular weight is 313 g/mol. The van der Waals surface area contributed by atoms with Crippen LogP contribution in [0.15, 0.2) is 0 Å². The quantitative estimate of drug-likeness (QED) is 0.845. The van der Waals surface area contributed by atoms with E-state index in [1.165, 1.54) is 19.3 Å². The molecular formula is C15H23NO4S. The van der Waals surface area contributed by atoms with E-state index in [0.717, 1.165) is 19.4 Å². The molecule has 118 valence electrons. The number of sulfonamides is 1. The van der Waals surface area contributed by atoms with E-state index in [0.29, 0.717) is 30.3 Å². The van der Waals surface area contributed by atoms with Gasteiger partial charge in [-0.2, -0.15) is 0 Å². The van der Waals surface area contributed by atoms with Crippen molar-refractivity contribution in [1.29, 1.82) is 0 Å². The van der Waals surface area contributed by atoms with Gasteiger partial charge in [0.15, 0.2) is 0 Å². The van der Waals surface area contributed by atoms with Crippen molar-refractivity contribution in [2.75, 3.05) is 19.0 Å². The Morgan fingerprint density at radius 2 is 1.86 bits per heavy atom. The molecule has 0 aromatic heterocycles. The maximum absolute atomic E-state index is 12.3. The Kier molecular flexibility index (Phi) is 3.30. The highest BCUT2D eigenvalue weighted by Gasteiger charge is 2.67. The van der Waals surface area contributed by atoms with Gasteiger partial charge in [-0.25, -0.2) is 8.42 Å². The fraction of sp³-hybridized carbons (Fsp3) is 0.933. The second-order valence-corrected chi connectivity index (χ2v) is 9.11. The van der Waals surface area contributed by atoms with Crippen molar-refractivity contribution < 1.29 is 17.9 Å². The average Bonchev–Trinajstić information content (AvgIpc) is 2.88. The minimum atomic E-state index is -3.51. The lowest BCUT2D eigenvalue weighted by atomic mass is 10.0. The maximum Gasteiger partial charge on any atom is 0.237 e. The normalized spacial score (nSPS) is 44.4. The predicted molar refractivity (Wildman–Crippen MR) is 76.8 cm³/mol. The molecule has 2 unspecified atom stereocenters. The van der Waals surface area contributed by atoms with Crippen molar-refractivity contribution in [3.8, 4) is 0 Å². The lowest BCUT2D eigenvalue weighted by Gasteiger charge is -2.21. The first-order chi connectivity index (χ1) is 10.1. The van der Waals surface area contributed by atoms with Crippen LogP contribution >= 0.6 is 0 Å². The lowest BCUT2D eigenvalue weighted by Crippen LogP contribution is -2.38. The number of ether oxygens (including phenoxy) is 1. The number of hydrogen-bond acceptors (Lipinski definition) is 4. The largest absolute Gasteiger partial charge is 0.381 e. The second-order valence-electron chi connectivity index (χ2n) is 7.34. The molecule has 1 heterocycles. The zero-order valence-electron chi connectivity index (χ0n) is 12.2. The van der Waals surface area contributed by atoms with Gasteiger partial charge < -0.3 is 4.74 Å². The summed E-state index contributed by atoms with van der Waals surface area (Å²) in [6.07, 6.45) is 5.52. The fourth-order valence-electron chi connectivity index (χ4n) is 5.19. The Morgan fingerprint density at radius 3 is 2.48 bits per heavy atom. The van der Waals surface area contributed by atoms with E-state index in [4.69, 9.17) is 4.74 Å². The summed E-state index contributed by atoms with van der Waals surface area (Å²) in [5.41, 5.74) is 0. The summed E-state index contributed by atoms with van der Waals surface area (Å²) in [5.74, 6) is 2.13. The molecule has 1 amide bonds. The SMILES string of the molecule is O=C(NS(=O)(=O)CC1CCCOC1)C1[C@@H]2[C@H]3CC[C@H](C3)[C@H]12. The van der Waals surface area contributed by atoms with Crippen LogP contribution in [0.4, 0.5) is 0 Å². The molecule has 6 atom stereocenters. The molecule has 1 N–H and O–H groups in total. The van der Waals surface area contributed by atoms with Gasteiger partial charge in [-0.1, -0.05) is 0 Å². The summed E-state index contributed by atoms with van der Waals surface area (Å²) < 4.78 is 32.0. The first kappa shape index (κ1) is 14.0. The van der Waals surface area contributed by atoms with Gasteiger partial charge in [0.2, 0.25) is 15.9 Å². The Labute approximate surface area is 125 Å². The third-order valence-electron chi connectivity index (χ3n) is 6.00. The van der Waals surface area contributed by atoms with E-state index >= 15 is 0 Å². The van der Waals surface area contributed by atoms with Crippen LogP contribution in [0.2, 0.25) is 0 Å². The highest BCUT2D eigenvalue weighted by Crippen LogP contribution is 2.69. The summed E-state index contributed by atoms with van der Waals surface area (Å²) in [6.45, 7) is 1.21. The summed E-state index contributed by atoms with van der Waals surface area (Å²) in [5, 5.41) is 0. The van der Waals surface area contributed by atoms with Gasteiger partial charge in [0.05, 0.1) is 12.4 Å². The van der Waals surface area contributed by atoms with Crippen LogP contribution in [0.5, 0.6) is 0 Å². The van der Waals surface area contributed by atoms with Crippen LogP contribution in [-0.4, -0.2) is 33.3 Å². The zero-order chi connectivity index (χ0) is 14.6. The minimum absolute atomic E-state index is 0.0198. The summed E-state index contributed by atoms with van der Waals surface area (Å²) >= 11 is 0. The number of hydrogen-bond donors (Lipinski definition) is 1. The van der Waals surface area contributed by atoms with E-state index in [1.807, 2.05) is 0 Å².